The van der Waals surface area contributed by atoms with Crippen molar-refractivity contribution in [1.29, 1.82) is 0 Å². The lowest BCUT2D eigenvalue weighted by Crippen LogP contribution is -2.35. The van der Waals surface area contributed by atoms with Gasteiger partial charge in [0.05, 0.1) is 6.20 Å². The van der Waals surface area contributed by atoms with Crippen molar-refractivity contribution in [3.05, 3.63) is 18.0 Å². The summed E-state index contributed by atoms with van der Waals surface area (Å²) in [5.74, 6) is -1.30. The number of hydrogen-bond donors (Lipinski definition) is 3. The molecular weight excluding hydrogens is 226 g/mol. The van der Waals surface area contributed by atoms with Gasteiger partial charge < -0.3 is 15.2 Å². The Morgan fingerprint density at radius 3 is 2.88 bits per heavy atom. The maximum atomic E-state index is 11.6. The van der Waals surface area contributed by atoms with Crippen molar-refractivity contribution in [2.24, 2.45) is 0 Å². The standard InChI is InChI=1S/C10H13N3O4/c14-9(11-3-6-4-12-13-5-6)7-1-2-8(17-7)10(15)16/h4-5,7-8H,1-3H2,(H,11,14)(H,12,13)(H,15,16). The van der Waals surface area contributed by atoms with E-state index in [4.69, 9.17) is 9.84 Å². The Kier molecular flexibility index (Phi) is 3.38. The van der Waals surface area contributed by atoms with Gasteiger partial charge in [-0.15, -0.1) is 0 Å². The van der Waals surface area contributed by atoms with Crippen molar-refractivity contribution in [1.82, 2.24) is 15.5 Å². The molecule has 2 atom stereocenters. The molecule has 0 aromatic carbocycles. The molecule has 7 nitrogen and oxygen atoms in total. The Labute approximate surface area is 97.2 Å². The highest BCUT2D eigenvalue weighted by molar-refractivity contribution is 5.82. The second kappa shape index (κ2) is 4.96. The van der Waals surface area contributed by atoms with Gasteiger partial charge >= 0.3 is 5.97 Å². The van der Waals surface area contributed by atoms with Crippen LogP contribution in [0, 0.1) is 0 Å². The lowest BCUT2D eigenvalue weighted by Gasteiger charge is -2.10. The Balaban J connectivity index is 1.79. The zero-order chi connectivity index (χ0) is 12.3. The highest BCUT2D eigenvalue weighted by Gasteiger charge is 2.34. The molecule has 92 valence electrons. The second-order valence-corrected chi connectivity index (χ2v) is 3.85. The first-order chi connectivity index (χ1) is 8.16. The molecule has 0 saturated carbocycles. The smallest absolute Gasteiger partial charge is 0.332 e. The van der Waals surface area contributed by atoms with Crippen molar-refractivity contribution in [3.8, 4) is 0 Å². The number of carbonyl (C=O) groups is 2. The zero-order valence-electron chi connectivity index (χ0n) is 9.05. The van der Waals surface area contributed by atoms with Crippen molar-refractivity contribution in [2.45, 2.75) is 31.6 Å². The molecular formula is C10H13N3O4. The normalized spacial score (nSPS) is 23.5. The van der Waals surface area contributed by atoms with Crippen molar-refractivity contribution >= 4 is 11.9 Å². The molecule has 0 radical (unpaired) electrons. The minimum absolute atomic E-state index is 0.282. The summed E-state index contributed by atoms with van der Waals surface area (Å²) in [5.41, 5.74) is 0.853. The average molecular weight is 239 g/mol. The predicted molar refractivity (Wildman–Crippen MR) is 56.0 cm³/mol. The van der Waals surface area contributed by atoms with Gasteiger partial charge in [0.1, 0.15) is 6.10 Å². The third-order valence-electron chi connectivity index (χ3n) is 2.61. The molecule has 1 amide bonds. The van der Waals surface area contributed by atoms with Gasteiger partial charge in [-0.2, -0.15) is 5.10 Å². The largest absolute Gasteiger partial charge is 0.479 e. The van der Waals surface area contributed by atoms with Gasteiger partial charge in [-0.1, -0.05) is 0 Å². The number of carboxylic acid groups (broad SMARTS) is 1. The molecule has 2 heterocycles. The second-order valence-electron chi connectivity index (χ2n) is 3.85. The minimum Gasteiger partial charge on any atom is -0.479 e. The molecule has 7 heteroatoms. The van der Waals surface area contributed by atoms with E-state index in [0.29, 0.717) is 19.4 Å². The van der Waals surface area contributed by atoms with Crippen LogP contribution in [0.3, 0.4) is 0 Å². The Hall–Kier alpha value is -1.89. The van der Waals surface area contributed by atoms with Crippen LogP contribution in [-0.4, -0.2) is 39.4 Å². The first kappa shape index (κ1) is 11.6. The summed E-state index contributed by atoms with van der Waals surface area (Å²) < 4.78 is 5.12. The molecule has 3 N–H and O–H groups in total. The zero-order valence-corrected chi connectivity index (χ0v) is 9.05. The van der Waals surface area contributed by atoms with Crippen LogP contribution in [0.2, 0.25) is 0 Å². The number of ether oxygens (including phenoxy) is 1. The number of hydrogen-bond acceptors (Lipinski definition) is 4. The summed E-state index contributed by atoms with van der Waals surface area (Å²) in [6, 6.07) is 0. The van der Waals surface area contributed by atoms with Gasteiger partial charge in [-0.05, 0) is 12.8 Å². The maximum absolute atomic E-state index is 11.6. The summed E-state index contributed by atoms with van der Waals surface area (Å²) >= 11 is 0. The number of carbonyl (C=O) groups excluding carboxylic acids is 1. The molecule has 1 saturated heterocycles. The predicted octanol–water partition coefficient (Wildman–Crippen LogP) is -0.342. The monoisotopic (exact) mass is 239 g/mol. The van der Waals surface area contributed by atoms with Gasteiger partial charge in [0.25, 0.3) is 0 Å². The van der Waals surface area contributed by atoms with Crippen LogP contribution in [0.1, 0.15) is 18.4 Å². The van der Waals surface area contributed by atoms with Crippen LogP contribution in [0.5, 0.6) is 0 Å². The summed E-state index contributed by atoms with van der Waals surface area (Å²) in [6.45, 7) is 0.354. The minimum atomic E-state index is -1.02. The van der Waals surface area contributed by atoms with Gasteiger partial charge in [-0.3, -0.25) is 9.89 Å². The van der Waals surface area contributed by atoms with E-state index in [9.17, 15) is 9.59 Å². The molecule has 2 rings (SSSR count). The molecule has 1 fully saturated rings. The van der Waals surface area contributed by atoms with E-state index < -0.39 is 18.2 Å². The molecule has 0 bridgehead atoms. The highest BCUT2D eigenvalue weighted by atomic mass is 16.5. The van der Waals surface area contributed by atoms with Gasteiger partial charge in [-0.25, -0.2) is 4.79 Å². The van der Waals surface area contributed by atoms with E-state index in [0.717, 1.165) is 5.56 Å². The third-order valence-corrected chi connectivity index (χ3v) is 2.61. The molecule has 1 aliphatic heterocycles. The number of aliphatic carboxylic acids is 1. The van der Waals surface area contributed by atoms with Gasteiger partial charge in [0.2, 0.25) is 5.91 Å². The molecule has 2 unspecified atom stereocenters. The van der Waals surface area contributed by atoms with Crippen molar-refractivity contribution in [2.75, 3.05) is 0 Å². The lowest BCUT2D eigenvalue weighted by molar-refractivity contribution is -0.151. The number of aromatic amines is 1. The summed E-state index contributed by atoms with van der Waals surface area (Å²) in [4.78, 5) is 22.3. The average Bonchev–Trinajstić information content (AvgIpc) is 2.96. The number of nitrogens with one attached hydrogen (secondary N) is 2. The van der Waals surface area contributed by atoms with Crippen LogP contribution in [-0.2, 0) is 20.9 Å². The van der Waals surface area contributed by atoms with E-state index in [-0.39, 0.29) is 5.91 Å². The number of carboxylic acids is 1. The van der Waals surface area contributed by atoms with E-state index in [1.54, 1.807) is 12.4 Å². The summed E-state index contributed by atoms with van der Waals surface area (Å²) in [5, 5.41) is 17.8. The highest BCUT2D eigenvalue weighted by Crippen LogP contribution is 2.19. The number of nitrogens with zero attached hydrogens (tertiary/aromatic N) is 1. The fourth-order valence-electron chi connectivity index (χ4n) is 1.69. The van der Waals surface area contributed by atoms with E-state index in [1.165, 1.54) is 0 Å². The number of rotatable bonds is 4. The van der Waals surface area contributed by atoms with Gasteiger partial charge in [0, 0.05) is 18.3 Å². The lowest BCUT2D eigenvalue weighted by atomic mass is 10.2. The van der Waals surface area contributed by atoms with Gasteiger partial charge in [0.15, 0.2) is 6.10 Å². The number of aromatic nitrogens is 2. The molecule has 1 aromatic rings. The Bertz CT molecular complexity index is 404. The van der Waals surface area contributed by atoms with Crippen LogP contribution < -0.4 is 5.32 Å². The molecule has 1 aliphatic rings. The van der Waals surface area contributed by atoms with E-state index >= 15 is 0 Å². The van der Waals surface area contributed by atoms with Crippen molar-refractivity contribution < 1.29 is 19.4 Å². The first-order valence-corrected chi connectivity index (χ1v) is 5.30. The first-order valence-electron chi connectivity index (χ1n) is 5.30. The summed E-state index contributed by atoms with van der Waals surface area (Å²) in [6.07, 6.45) is 2.57. The maximum Gasteiger partial charge on any atom is 0.332 e. The quantitative estimate of drug-likeness (QED) is 0.666. The number of amides is 1. The topological polar surface area (TPSA) is 104 Å². The number of H-pyrrole nitrogens is 1. The van der Waals surface area contributed by atoms with Crippen LogP contribution in [0.25, 0.3) is 0 Å². The molecule has 0 aliphatic carbocycles. The van der Waals surface area contributed by atoms with E-state index in [2.05, 4.69) is 15.5 Å². The van der Waals surface area contributed by atoms with Crippen LogP contribution in [0.15, 0.2) is 12.4 Å². The Morgan fingerprint density at radius 2 is 2.29 bits per heavy atom. The van der Waals surface area contributed by atoms with Crippen LogP contribution >= 0.6 is 0 Å². The molecule has 0 spiro atoms. The van der Waals surface area contributed by atoms with E-state index in [1.807, 2.05) is 0 Å². The molecule has 17 heavy (non-hydrogen) atoms. The summed E-state index contributed by atoms with van der Waals surface area (Å²) in [7, 11) is 0. The Morgan fingerprint density at radius 1 is 1.53 bits per heavy atom. The molecule has 1 aromatic heterocycles. The van der Waals surface area contributed by atoms with Crippen molar-refractivity contribution in [3.63, 3.8) is 0 Å². The third kappa shape index (κ3) is 2.82. The SMILES string of the molecule is O=C(O)C1CCC(C(=O)NCc2cn[nH]c2)O1. The fourth-order valence-corrected chi connectivity index (χ4v) is 1.69. The van der Waals surface area contributed by atoms with Crippen LogP contribution in [0.4, 0.5) is 0 Å². The fraction of sp³-hybridized carbons (Fsp3) is 0.500.